The third-order valence-electron chi connectivity index (χ3n) is 11.3. The maximum absolute atomic E-state index is 14.2. The smallest absolute Gasteiger partial charge is 0.251 e. The Morgan fingerprint density at radius 3 is 1.70 bits per heavy atom. The van der Waals surface area contributed by atoms with Crippen molar-refractivity contribution in [2.75, 3.05) is 39.5 Å². The van der Waals surface area contributed by atoms with Crippen molar-refractivity contribution in [1.82, 2.24) is 47.0 Å². The number of hydrogen-bond donors (Lipinski definition) is 8. The van der Waals surface area contributed by atoms with Crippen LogP contribution < -0.4 is 43.0 Å². The molecule has 0 spiro atoms. The van der Waals surface area contributed by atoms with Crippen molar-refractivity contribution in [3.8, 4) is 0 Å². The fourth-order valence-electron chi connectivity index (χ4n) is 7.32. The molecule has 2 fully saturated rings. The van der Waals surface area contributed by atoms with Gasteiger partial charge in [0.25, 0.3) is 11.8 Å². The standard InChI is InChI=1S/C43H64N10O7/c1-23(2)35(50-37(54)26(6)45-8)42(59)52-16-15-32(21-52)48-39(56)29-17-30(19-31(44)18-29)40(57)49-33-20-34(41(58)47-25(5)28-13-11-10-12-14-28)53(22-33)43(60)36(24(3)4)51-38(55)27(7)46-9/h10-14,17-19,23-27,32-36,45-46H,15-16,20-22,44H2,1-9H3,(H,47,58)(H,48,56)(H,49,57)(H,50,54)(H,51,55)/t25-,26+,27+,32+,33+,34+,35+,36+/m1/s1. The number of benzene rings is 2. The highest BCUT2D eigenvalue weighted by atomic mass is 16.2. The van der Waals surface area contributed by atoms with Crippen LogP contribution in [0.25, 0.3) is 0 Å². The van der Waals surface area contributed by atoms with E-state index < -0.39 is 59.9 Å². The van der Waals surface area contributed by atoms with E-state index in [1.807, 2.05) is 51.1 Å². The number of nitrogens with one attached hydrogen (secondary N) is 7. The summed E-state index contributed by atoms with van der Waals surface area (Å²) in [5.41, 5.74) is 7.49. The molecule has 0 saturated carbocycles. The summed E-state index contributed by atoms with van der Waals surface area (Å²) in [5.74, 6) is -3.25. The Morgan fingerprint density at radius 1 is 0.667 bits per heavy atom. The minimum absolute atomic E-state index is 0.00846. The first-order chi connectivity index (χ1) is 28.3. The number of nitrogens with two attached hydrogens (primary N) is 1. The Labute approximate surface area is 353 Å². The summed E-state index contributed by atoms with van der Waals surface area (Å²) in [4.78, 5) is 97.4. The third-order valence-corrected chi connectivity index (χ3v) is 11.3. The Balaban J connectivity index is 1.47. The number of carbonyl (C=O) groups excluding carboxylic acids is 7. The number of likely N-dealkylation sites (tertiary alicyclic amines) is 2. The quantitative estimate of drug-likeness (QED) is 0.104. The maximum atomic E-state index is 14.2. The Bertz CT molecular complexity index is 1870. The van der Waals surface area contributed by atoms with Gasteiger partial charge in [0.2, 0.25) is 29.5 Å². The number of amides is 7. The molecule has 328 valence electrons. The van der Waals surface area contributed by atoms with Crippen LogP contribution >= 0.6 is 0 Å². The van der Waals surface area contributed by atoms with E-state index in [0.717, 1.165) is 5.56 Å². The third kappa shape index (κ3) is 12.0. The first-order valence-corrected chi connectivity index (χ1v) is 20.8. The molecule has 60 heavy (non-hydrogen) atoms. The van der Waals surface area contributed by atoms with E-state index in [-0.39, 0.29) is 78.0 Å². The number of nitrogens with zero attached hydrogens (tertiary/aromatic N) is 2. The summed E-state index contributed by atoms with van der Waals surface area (Å²) in [5, 5.41) is 20.3. The second kappa shape index (κ2) is 21.1. The summed E-state index contributed by atoms with van der Waals surface area (Å²) >= 11 is 0. The molecule has 17 nitrogen and oxygen atoms in total. The molecular weight excluding hydrogens is 769 g/mol. The van der Waals surface area contributed by atoms with Crippen molar-refractivity contribution < 1.29 is 33.6 Å². The second-order valence-electron chi connectivity index (χ2n) is 16.6. The van der Waals surface area contributed by atoms with Crippen molar-refractivity contribution in [3.63, 3.8) is 0 Å². The highest BCUT2D eigenvalue weighted by Crippen LogP contribution is 2.24. The summed E-state index contributed by atoms with van der Waals surface area (Å²) in [7, 11) is 3.31. The van der Waals surface area contributed by atoms with Gasteiger partial charge in [-0.3, -0.25) is 33.6 Å². The van der Waals surface area contributed by atoms with Crippen LogP contribution in [0.3, 0.4) is 0 Å². The topological polar surface area (TPSA) is 236 Å². The Morgan fingerprint density at radius 2 is 1.18 bits per heavy atom. The molecule has 0 aromatic heterocycles. The molecule has 2 saturated heterocycles. The van der Waals surface area contributed by atoms with Crippen LogP contribution in [0.15, 0.2) is 48.5 Å². The van der Waals surface area contributed by atoms with E-state index in [1.165, 1.54) is 23.1 Å². The molecule has 17 heteroatoms. The molecule has 2 aliphatic heterocycles. The fraction of sp³-hybridized carbons (Fsp3) is 0.558. The number of anilines is 1. The number of hydrogen-bond acceptors (Lipinski definition) is 10. The molecular formula is C43H64N10O7. The van der Waals surface area contributed by atoms with Crippen molar-refractivity contribution in [2.45, 2.75) is 110 Å². The molecule has 4 rings (SSSR count). The van der Waals surface area contributed by atoms with E-state index in [2.05, 4.69) is 37.2 Å². The van der Waals surface area contributed by atoms with E-state index in [1.54, 1.807) is 46.7 Å². The van der Waals surface area contributed by atoms with E-state index in [9.17, 15) is 33.6 Å². The summed E-state index contributed by atoms with van der Waals surface area (Å²) in [6, 6.07) is 8.64. The first-order valence-electron chi connectivity index (χ1n) is 20.8. The molecule has 0 unspecified atom stereocenters. The van der Waals surface area contributed by atoms with Crippen LogP contribution in [0.1, 0.15) is 93.6 Å². The van der Waals surface area contributed by atoms with Gasteiger partial charge in [-0.15, -0.1) is 0 Å². The SMILES string of the molecule is CN[C@@H](C)C(=O)N[C@H](C(=O)N1CC[C@H](NC(=O)c2cc(N)cc(C(=O)N[C@H]3C[C@@H](C(=O)N[C@H](C)c4ccccc4)N(C(=O)[C@@H](NC(=O)[C@H](C)NC)C(C)C)C3)c2)C1)C(C)C. The fourth-order valence-corrected chi connectivity index (χ4v) is 7.32. The van der Waals surface area contributed by atoms with Gasteiger partial charge in [-0.25, -0.2) is 0 Å². The predicted molar refractivity (Wildman–Crippen MR) is 228 cm³/mol. The van der Waals surface area contributed by atoms with E-state index in [0.29, 0.717) is 13.0 Å². The van der Waals surface area contributed by atoms with Crippen LogP contribution in [0, 0.1) is 11.8 Å². The van der Waals surface area contributed by atoms with Crippen LogP contribution in [-0.4, -0.2) is 127 Å². The van der Waals surface area contributed by atoms with Gasteiger partial charge in [0.15, 0.2) is 0 Å². The molecule has 9 N–H and O–H groups in total. The summed E-state index contributed by atoms with van der Waals surface area (Å²) in [6.45, 7) is 13.2. The average Bonchev–Trinajstić information content (AvgIpc) is 3.87. The summed E-state index contributed by atoms with van der Waals surface area (Å²) in [6.07, 6.45) is 0.587. The second-order valence-corrected chi connectivity index (χ2v) is 16.6. The normalized spacial score (nSPS) is 20.1. The molecule has 0 aliphatic carbocycles. The molecule has 0 radical (unpaired) electrons. The van der Waals surface area contributed by atoms with Gasteiger partial charge in [-0.05, 0) is 83.3 Å². The van der Waals surface area contributed by atoms with E-state index >= 15 is 0 Å². The van der Waals surface area contributed by atoms with Gasteiger partial charge in [-0.1, -0.05) is 58.0 Å². The molecule has 7 amide bonds. The number of likely N-dealkylation sites (N-methyl/N-ethyl adjacent to an activating group) is 2. The zero-order valence-corrected chi connectivity index (χ0v) is 36.3. The monoisotopic (exact) mass is 832 g/mol. The predicted octanol–water partition coefficient (Wildman–Crippen LogP) is 0.674. The lowest BCUT2D eigenvalue weighted by Crippen LogP contribution is -2.57. The lowest BCUT2D eigenvalue weighted by molar-refractivity contribution is -0.142. The molecule has 8 atom stereocenters. The van der Waals surface area contributed by atoms with Gasteiger partial charge in [0, 0.05) is 48.5 Å². The molecule has 0 bridgehead atoms. The van der Waals surface area contributed by atoms with Gasteiger partial charge in [0.1, 0.15) is 18.1 Å². The van der Waals surface area contributed by atoms with Crippen molar-refractivity contribution in [2.24, 2.45) is 11.8 Å². The van der Waals surface area contributed by atoms with Crippen LogP contribution in [0.5, 0.6) is 0 Å². The van der Waals surface area contributed by atoms with Crippen molar-refractivity contribution in [3.05, 3.63) is 65.2 Å². The molecule has 2 aromatic carbocycles. The van der Waals surface area contributed by atoms with E-state index in [4.69, 9.17) is 5.73 Å². The number of rotatable bonds is 17. The zero-order valence-electron chi connectivity index (χ0n) is 36.3. The maximum Gasteiger partial charge on any atom is 0.251 e. The number of carbonyl (C=O) groups is 7. The minimum Gasteiger partial charge on any atom is -0.399 e. The van der Waals surface area contributed by atoms with Crippen LogP contribution in [0.4, 0.5) is 5.69 Å². The first kappa shape index (κ1) is 47.1. The Kier molecular flexibility index (Phi) is 16.6. The molecule has 2 heterocycles. The van der Waals surface area contributed by atoms with Crippen molar-refractivity contribution >= 4 is 47.0 Å². The van der Waals surface area contributed by atoms with Gasteiger partial charge in [-0.2, -0.15) is 0 Å². The largest absolute Gasteiger partial charge is 0.399 e. The molecule has 2 aliphatic rings. The van der Waals surface area contributed by atoms with Gasteiger partial charge < -0.3 is 52.8 Å². The van der Waals surface area contributed by atoms with Crippen molar-refractivity contribution in [1.29, 1.82) is 0 Å². The summed E-state index contributed by atoms with van der Waals surface area (Å²) < 4.78 is 0. The highest BCUT2D eigenvalue weighted by molar-refractivity contribution is 6.01. The Hall–Kier alpha value is -5.55. The average molecular weight is 833 g/mol. The van der Waals surface area contributed by atoms with Gasteiger partial charge in [0.05, 0.1) is 18.1 Å². The number of nitrogen functional groups attached to an aromatic ring is 1. The van der Waals surface area contributed by atoms with Crippen LogP contribution in [-0.2, 0) is 24.0 Å². The lowest BCUT2D eigenvalue weighted by atomic mass is 10.0. The molecule has 2 aromatic rings. The zero-order chi connectivity index (χ0) is 44.4. The lowest BCUT2D eigenvalue weighted by Gasteiger charge is -2.31. The van der Waals surface area contributed by atoms with Crippen LogP contribution in [0.2, 0.25) is 0 Å². The highest BCUT2D eigenvalue weighted by Gasteiger charge is 2.44. The minimum atomic E-state index is -0.960. The van der Waals surface area contributed by atoms with Gasteiger partial charge >= 0.3 is 0 Å².